The first-order valence-corrected chi connectivity index (χ1v) is 9.47. The molecule has 2 atom stereocenters. The van der Waals surface area contributed by atoms with Gasteiger partial charge in [0.2, 0.25) is 0 Å². The standard InChI is InChI=1S/C22H24N2O5/c1-12(21(28)29)18(13-7-5-4-6-8-13)24-20(27)15-9-14-16(23-19(15)26)10-22(2,3)11-17(14)25/h4-9,12,18H,10-11H2,1-3H3,(H,23,26)(H,24,27)(H,28,29). The van der Waals surface area contributed by atoms with E-state index in [1.165, 1.54) is 13.0 Å². The highest BCUT2D eigenvalue weighted by Crippen LogP contribution is 2.33. The molecule has 152 valence electrons. The number of pyridine rings is 1. The van der Waals surface area contributed by atoms with Crippen molar-refractivity contribution in [3.05, 3.63) is 69.1 Å². The highest BCUT2D eigenvalue weighted by Gasteiger charge is 2.33. The number of hydrogen-bond acceptors (Lipinski definition) is 4. The van der Waals surface area contributed by atoms with E-state index in [0.29, 0.717) is 29.7 Å². The number of aliphatic carboxylic acids is 1. The molecule has 1 aromatic carbocycles. The molecule has 3 rings (SSSR count). The van der Waals surface area contributed by atoms with Gasteiger partial charge in [0, 0.05) is 17.7 Å². The number of carboxylic acids is 1. The van der Waals surface area contributed by atoms with E-state index in [1.54, 1.807) is 30.3 Å². The van der Waals surface area contributed by atoms with Crippen molar-refractivity contribution in [1.82, 2.24) is 10.3 Å². The molecule has 29 heavy (non-hydrogen) atoms. The third kappa shape index (κ3) is 4.29. The minimum atomic E-state index is -1.07. The molecule has 0 saturated carbocycles. The third-order valence-corrected chi connectivity index (χ3v) is 5.30. The summed E-state index contributed by atoms with van der Waals surface area (Å²) < 4.78 is 0. The molecule has 0 fully saturated rings. The number of carboxylic acid groups (broad SMARTS) is 1. The lowest BCUT2D eigenvalue weighted by Gasteiger charge is -2.30. The summed E-state index contributed by atoms with van der Waals surface area (Å²) in [5.41, 5.74) is 0.439. The average Bonchev–Trinajstić information content (AvgIpc) is 2.64. The van der Waals surface area contributed by atoms with E-state index in [9.17, 15) is 24.3 Å². The number of Topliss-reactive ketones (excluding diaryl/α,β-unsaturated/α-hetero) is 1. The predicted molar refractivity (Wildman–Crippen MR) is 107 cm³/mol. The minimum absolute atomic E-state index is 0.125. The Balaban J connectivity index is 1.95. The van der Waals surface area contributed by atoms with E-state index in [0.717, 1.165) is 0 Å². The van der Waals surface area contributed by atoms with Crippen LogP contribution in [0.5, 0.6) is 0 Å². The number of aromatic amines is 1. The largest absolute Gasteiger partial charge is 0.481 e. The first kappa shape index (κ1) is 20.5. The number of H-pyrrole nitrogens is 1. The SMILES string of the molecule is CC(C(=O)O)C(NC(=O)c1cc2c([nH]c1=O)CC(C)(C)CC2=O)c1ccccc1. The quantitative estimate of drug-likeness (QED) is 0.719. The Morgan fingerprint density at radius 3 is 2.41 bits per heavy atom. The average molecular weight is 396 g/mol. The van der Waals surface area contributed by atoms with Gasteiger partial charge in [0.25, 0.3) is 11.5 Å². The normalized spacial score (nSPS) is 17.1. The van der Waals surface area contributed by atoms with Crippen LogP contribution in [0.1, 0.15) is 65.2 Å². The molecular weight excluding hydrogens is 372 g/mol. The number of benzene rings is 1. The number of amides is 1. The van der Waals surface area contributed by atoms with Crippen molar-refractivity contribution in [3.8, 4) is 0 Å². The number of nitrogens with one attached hydrogen (secondary N) is 2. The van der Waals surface area contributed by atoms with E-state index in [-0.39, 0.29) is 16.8 Å². The zero-order chi connectivity index (χ0) is 21.3. The van der Waals surface area contributed by atoms with Crippen LogP contribution in [-0.4, -0.2) is 27.8 Å². The Morgan fingerprint density at radius 2 is 1.79 bits per heavy atom. The van der Waals surface area contributed by atoms with Crippen molar-refractivity contribution >= 4 is 17.7 Å². The molecule has 1 aliphatic rings. The van der Waals surface area contributed by atoms with Crippen LogP contribution in [-0.2, 0) is 11.2 Å². The van der Waals surface area contributed by atoms with Crippen molar-refractivity contribution in [3.63, 3.8) is 0 Å². The fourth-order valence-corrected chi connectivity index (χ4v) is 3.72. The number of aromatic nitrogens is 1. The van der Waals surface area contributed by atoms with Crippen LogP contribution in [0.3, 0.4) is 0 Å². The summed E-state index contributed by atoms with van der Waals surface area (Å²) >= 11 is 0. The van der Waals surface area contributed by atoms with E-state index >= 15 is 0 Å². The van der Waals surface area contributed by atoms with Gasteiger partial charge in [0.1, 0.15) is 5.56 Å². The molecular formula is C22H24N2O5. The second-order valence-electron chi connectivity index (χ2n) is 8.33. The number of carbonyl (C=O) groups excluding carboxylic acids is 2. The summed E-state index contributed by atoms with van der Waals surface area (Å²) in [4.78, 5) is 52.1. The molecule has 1 aliphatic carbocycles. The predicted octanol–water partition coefficient (Wildman–Crippen LogP) is 2.72. The summed E-state index contributed by atoms with van der Waals surface area (Å²) in [6.07, 6.45) is 0.865. The maximum Gasteiger partial charge on any atom is 0.308 e. The lowest BCUT2D eigenvalue weighted by molar-refractivity contribution is -0.142. The smallest absolute Gasteiger partial charge is 0.308 e. The molecule has 0 saturated heterocycles. The molecule has 2 aromatic rings. The van der Waals surface area contributed by atoms with Gasteiger partial charge >= 0.3 is 5.97 Å². The maximum atomic E-state index is 12.9. The Hall–Kier alpha value is -3.22. The molecule has 1 amide bonds. The number of carbonyl (C=O) groups is 3. The summed E-state index contributed by atoms with van der Waals surface area (Å²) in [5, 5.41) is 12.1. The van der Waals surface area contributed by atoms with Gasteiger partial charge in [-0.2, -0.15) is 0 Å². The van der Waals surface area contributed by atoms with Crippen LogP contribution in [0.15, 0.2) is 41.2 Å². The number of fused-ring (bicyclic) bond motifs is 1. The van der Waals surface area contributed by atoms with Gasteiger partial charge in [-0.1, -0.05) is 44.2 Å². The topological polar surface area (TPSA) is 116 Å². The number of hydrogen-bond donors (Lipinski definition) is 3. The van der Waals surface area contributed by atoms with Gasteiger partial charge in [-0.15, -0.1) is 0 Å². The first-order chi connectivity index (χ1) is 13.6. The van der Waals surface area contributed by atoms with E-state index in [2.05, 4.69) is 10.3 Å². The molecule has 1 heterocycles. The van der Waals surface area contributed by atoms with Crippen molar-refractivity contribution in [1.29, 1.82) is 0 Å². The van der Waals surface area contributed by atoms with Gasteiger partial charge in [-0.05, 0) is 30.4 Å². The third-order valence-electron chi connectivity index (χ3n) is 5.30. The fraction of sp³-hybridized carbons (Fsp3) is 0.364. The van der Waals surface area contributed by atoms with Crippen molar-refractivity contribution in [2.45, 2.75) is 39.7 Å². The number of rotatable bonds is 5. The Bertz CT molecular complexity index is 1020. The Labute approximate surface area is 168 Å². The molecule has 0 aliphatic heterocycles. The Kier molecular flexibility index (Phi) is 5.42. The zero-order valence-corrected chi connectivity index (χ0v) is 16.6. The maximum absolute atomic E-state index is 12.9. The van der Waals surface area contributed by atoms with Crippen molar-refractivity contribution in [2.24, 2.45) is 11.3 Å². The zero-order valence-electron chi connectivity index (χ0n) is 16.6. The van der Waals surface area contributed by atoms with Gasteiger partial charge in [-0.3, -0.25) is 19.2 Å². The lowest BCUT2D eigenvalue weighted by atomic mass is 9.75. The van der Waals surface area contributed by atoms with Crippen molar-refractivity contribution in [2.75, 3.05) is 0 Å². The van der Waals surface area contributed by atoms with Crippen LogP contribution in [0.25, 0.3) is 0 Å². The van der Waals surface area contributed by atoms with Gasteiger partial charge in [-0.25, -0.2) is 0 Å². The summed E-state index contributed by atoms with van der Waals surface area (Å²) in [6, 6.07) is 9.21. The van der Waals surface area contributed by atoms with E-state index < -0.39 is 29.4 Å². The van der Waals surface area contributed by atoms with Gasteiger partial charge in [0.15, 0.2) is 5.78 Å². The van der Waals surface area contributed by atoms with Gasteiger partial charge < -0.3 is 15.4 Å². The van der Waals surface area contributed by atoms with Crippen LogP contribution in [0, 0.1) is 11.3 Å². The van der Waals surface area contributed by atoms with Crippen LogP contribution in [0.2, 0.25) is 0 Å². The molecule has 2 unspecified atom stereocenters. The second kappa shape index (κ2) is 7.66. The first-order valence-electron chi connectivity index (χ1n) is 9.47. The summed E-state index contributed by atoms with van der Waals surface area (Å²) in [6.45, 7) is 5.39. The van der Waals surface area contributed by atoms with Crippen molar-refractivity contribution < 1.29 is 19.5 Å². The molecule has 7 heteroatoms. The van der Waals surface area contributed by atoms with Gasteiger partial charge in [0.05, 0.1) is 12.0 Å². The highest BCUT2D eigenvalue weighted by molar-refractivity contribution is 6.02. The van der Waals surface area contributed by atoms with E-state index in [1.807, 2.05) is 13.8 Å². The highest BCUT2D eigenvalue weighted by atomic mass is 16.4. The summed E-state index contributed by atoms with van der Waals surface area (Å²) in [5.74, 6) is -2.83. The minimum Gasteiger partial charge on any atom is -0.481 e. The molecule has 1 aromatic heterocycles. The van der Waals surface area contributed by atoms with Crippen LogP contribution in [0.4, 0.5) is 0 Å². The van der Waals surface area contributed by atoms with E-state index in [4.69, 9.17) is 0 Å². The van der Waals surface area contributed by atoms with Crippen LogP contribution < -0.4 is 10.9 Å². The fourth-order valence-electron chi connectivity index (χ4n) is 3.72. The monoisotopic (exact) mass is 396 g/mol. The number of ketones is 1. The Morgan fingerprint density at radius 1 is 1.14 bits per heavy atom. The second-order valence-corrected chi connectivity index (χ2v) is 8.33. The molecule has 7 nitrogen and oxygen atoms in total. The molecule has 0 spiro atoms. The summed E-state index contributed by atoms with van der Waals surface area (Å²) in [7, 11) is 0. The lowest BCUT2D eigenvalue weighted by Crippen LogP contribution is -2.39. The van der Waals surface area contributed by atoms with Crippen LogP contribution >= 0.6 is 0 Å². The molecule has 0 radical (unpaired) electrons. The molecule has 0 bridgehead atoms. The molecule has 3 N–H and O–H groups in total.